The van der Waals surface area contributed by atoms with E-state index in [0.717, 1.165) is 41.7 Å². The quantitative estimate of drug-likeness (QED) is 0.537. The number of nitrogens with zero attached hydrogens (tertiary/aromatic N) is 4. The van der Waals surface area contributed by atoms with E-state index in [1.807, 2.05) is 42.5 Å². The van der Waals surface area contributed by atoms with Crippen molar-refractivity contribution < 1.29 is 9.69 Å². The molecule has 0 bridgehead atoms. The lowest BCUT2D eigenvalue weighted by molar-refractivity contribution is -0.858. The number of hydrogen-bond donors (Lipinski definition) is 2. The predicted molar refractivity (Wildman–Crippen MR) is 111 cm³/mol. The number of quaternary nitrogens is 1. The predicted octanol–water partition coefficient (Wildman–Crippen LogP) is 1.61. The summed E-state index contributed by atoms with van der Waals surface area (Å²) in [5.41, 5.74) is 1.77. The zero-order valence-electron chi connectivity index (χ0n) is 16.1. The van der Waals surface area contributed by atoms with Crippen LogP contribution in [0.4, 0.5) is 5.69 Å². The number of carbonyl (C=O) groups is 1. The Balaban J connectivity index is 1.70. The molecule has 2 heterocycles. The molecule has 0 saturated heterocycles. The molecule has 0 saturated carbocycles. The fraction of sp³-hybridized carbons (Fsp3) is 0.300. The summed E-state index contributed by atoms with van der Waals surface area (Å²) in [7, 11) is 4.28. The SMILES string of the molecule is C[NH+](C)CCCn1c(SCC(=O)Nc2ccccc2)nnc1-c1ccncc1. The Bertz CT molecular complexity index is 882. The molecule has 8 heteroatoms. The first-order chi connectivity index (χ1) is 13.6. The van der Waals surface area contributed by atoms with Crippen LogP contribution in [0.15, 0.2) is 60.0 Å². The van der Waals surface area contributed by atoms with Crippen LogP contribution in [0.3, 0.4) is 0 Å². The molecule has 2 aromatic heterocycles. The number of rotatable bonds is 9. The van der Waals surface area contributed by atoms with Crippen molar-refractivity contribution in [2.75, 3.05) is 31.7 Å². The second kappa shape index (κ2) is 10.0. The minimum Gasteiger partial charge on any atom is -0.340 e. The molecule has 0 spiro atoms. The van der Waals surface area contributed by atoms with Gasteiger partial charge in [-0.2, -0.15) is 0 Å². The molecule has 0 radical (unpaired) electrons. The van der Waals surface area contributed by atoms with E-state index in [2.05, 4.69) is 39.2 Å². The Hall–Kier alpha value is -2.71. The summed E-state index contributed by atoms with van der Waals surface area (Å²) in [5, 5.41) is 12.4. The van der Waals surface area contributed by atoms with Crippen LogP contribution in [0, 0.1) is 0 Å². The van der Waals surface area contributed by atoms with Gasteiger partial charge in [-0.05, 0) is 24.3 Å². The molecule has 0 atom stereocenters. The lowest BCUT2D eigenvalue weighted by Crippen LogP contribution is -3.05. The normalized spacial score (nSPS) is 11.0. The monoisotopic (exact) mass is 397 g/mol. The first-order valence-electron chi connectivity index (χ1n) is 9.24. The van der Waals surface area contributed by atoms with Crippen molar-refractivity contribution in [2.24, 2.45) is 0 Å². The largest absolute Gasteiger partial charge is 0.340 e. The van der Waals surface area contributed by atoms with Gasteiger partial charge in [0.1, 0.15) is 0 Å². The number of hydrogen-bond acceptors (Lipinski definition) is 5. The van der Waals surface area contributed by atoms with Crippen molar-refractivity contribution in [2.45, 2.75) is 18.1 Å². The third-order valence-electron chi connectivity index (χ3n) is 4.10. The standard InChI is InChI=1S/C20H24N6OS/c1-25(2)13-6-14-26-19(16-9-11-21-12-10-16)23-24-20(26)28-15-18(27)22-17-7-4-3-5-8-17/h3-5,7-12H,6,13-15H2,1-2H3,(H,22,27)/p+1. The molecule has 1 amide bonds. The van der Waals surface area contributed by atoms with Crippen LogP contribution in [0.5, 0.6) is 0 Å². The lowest BCUT2D eigenvalue weighted by Gasteiger charge is -2.12. The molecular weight excluding hydrogens is 372 g/mol. The van der Waals surface area contributed by atoms with Gasteiger partial charge in [-0.1, -0.05) is 30.0 Å². The molecule has 28 heavy (non-hydrogen) atoms. The van der Waals surface area contributed by atoms with Gasteiger partial charge in [0.05, 0.1) is 26.4 Å². The summed E-state index contributed by atoms with van der Waals surface area (Å²) >= 11 is 1.40. The average molecular weight is 398 g/mol. The summed E-state index contributed by atoms with van der Waals surface area (Å²) in [4.78, 5) is 17.7. The van der Waals surface area contributed by atoms with Gasteiger partial charge in [0.25, 0.3) is 0 Å². The Morgan fingerprint density at radius 2 is 1.86 bits per heavy atom. The van der Waals surface area contributed by atoms with Crippen LogP contribution in [-0.2, 0) is 11.3 Å². The molecular formula is C20H25N6OS+. The van der Waals surface area contributed by atoms with Gasteiger partial charge < -0.3 is 14.8 Å². The number of carbonyl (C=O) groups excluding carboxylic acids is 1. The van der Waals surface area contributed by atoms with Gasteiger partial charge in [-0.25, -0.2) is 0 Å². The number of pyridine rings is 1. The Morgan fingerprint density at radius 3 is 2.57 bits per heavy atom. The van der Waals surface area contributed by atoms with Gasteiger partial charge >= 0.3 is 0 Å². The third kappa shape index (κ3) is 5.64. The van der Waals surface area contributed by atoms with E-state index in [4.69, 9.17) is 0 Å². The third-order valence-corrected chi connectivity index (χ3v) is 5.07. The minimum absolute atomic E-state index is 0.0612. The van der Waals surface area contributed by atoms with Crippen molar-refractivity contribution in [3.63, 3.8) is 0 Å². The Morgan fingerprint density at radius 1 is 1.11 bits per heavy atom. The number of aromatic nitrogens is 4. The number of anilines is 1. The van der Waals surface area contributed by atoms with E-state index >= 15 is 0 Å². The molecule has 0 aliphatic heterocycles. The minimum atomic E-state index is -0.0612. The van der Waals surface area contributed by atoms with Gasteiger partial charge in [-0.3, -0.25) is 9.78 Å². The van der Waals surface area contributed by atoms with Crippen molar-refractivity contribution in [3.05, 3.63) is 54.9 Å². The molecule has 0 aliphatic carbocycles. The molecule has 0 unspecified atom stereocenters. The smallest absolute Gasteiger partial charge is 0.234 e. The number of benzene rings is 1. The summed E-state index contributed by atoms with van der Waals surface area (Å²) < 4.78 is 2.10. The van der Waals surface area contributed by atoms with Crippen LogP contribution in [0.1, 0.15) is 6.42 Å². The van der Waals surface area contributed by atoms with E-state index in [1.165, 1.54) is 16.7 Å². The Kier molecular flexibility index (Phi) is 7.16. The zero-order valence-corrected chi connectivity index (χ0v) is 16.9. The first-order valence-corrected chi connectivity index (χ1v) is 10.2. The van der Waals surface area contributed by atoms with Crippen molar-refractivity contribution in [3.8, 4) is 11.4 Å². The number of nitrogens with one attached hydrogen (secondary N) is 2. The van der Waals surface area contributed by atoms with Gasteiger partial charge in [0.2, 0.25) is 5.91 Å². The number of amides is 1. The van der Waals surface area contributed by atoms with E-state index in [-0.39, 0.29) is 11.7 Å². The maximum atomic E-state index is 12.3. The highest BCUT2D eigenvalue weighted by Gasteiger charge is 2.16. The van der Waals surface area contributed by atoms with Crippen LogP contribution in [0.25, 0.3) is 11.4 Å². The van der Waals surface area contributed by atoms with Crippen LogP contribution >= 0.6 is 11.8 Å². The van der Waals surface area contributed by atoms with E-state index in [1.54, 1.807) is 12.4 Å². The lowest BCUT2D eigenvalue weighted by atomic mass is 10.2. The highest BCUT2D eigenvalue weighted by Crippen LogP contribution is 2.24. The average Bonchev–Trinajstić information content (AvgIpc) is 3.10. The molecule has 3 rings (SSSR count). The topological polar surface area (TPSA) is 77.1 Å². The number of thioether (sulfide) groups is 1. The maximum absolute atomic E-state index is 12.3. The maximum Gasteiger partial charge on any atom is 0.234 e. The van der Waals surface area contributed by atoms with E-state index in [9.17, 15) is 4.79 Å². The van der Waals surface area contributed by atoms with Gasteiger partial charge in [0.15, 0.2) is 11.0 Å². The zero-order chi connectivity index (χ0) is 19.8. The van der Waals surface area contributed by atoms with Gasteiger partial charge in [0, 0.05) is 36.6 Å². The van der Waals surface area contributed by atoms with E-state index in [0.29, 0.717) is 0 Å². The molecule has 1 aromatic carbocycles. The summed E-state index contributed by atoms with van der Waals surface area (Å²) in [6, 6.07) is 13.3. The van der Waals surface area contributed by atoms with Crippen LogP contribution in [-0.4, -0.2) is 52.0 Å². The Labute approximate surface area is 169 Å². The van der Waals surface area contributed by atoms with Crippen molar-refractivity contribution in [1.82, 2.24) is 19.7 Å². The van der Waals surface area contributed by atoms with Crippen molar-refractivity contribution >= 4 is 23.4 Å². The molecule has 0 aliphatic rings. The molecule has 146 valence electrons. The molecule has 7 nitrogen and oxygen atoms in total. The van der Waals surface area contributed by atoms with E-state index < -0.39 is 0 Å². The van der Waals surface area contributed by atoms with Gasteiger partial charge in [-0.15, -0.1) is 10.2 Å². The van der Waals surface area contributed by atoms with Crippen LogP contribution < -0.4 is 10.2 Å². The molecule has 2 N–H and O–H groups in total. The van der Waals surface area contributed by atoms with Crippen molar-refractivity contribution in [1.29, 1.82) is 0 Å². The van der Waals surface area contributed by atoms with Crippen LogP contribution in [0.2, 0.25) is 0 Å². The molecule has 3 aromatic rings. The molecule has 0 fully saturated rings. The number of para-hydroxylation sites is 1. The summed E-state index contributed by atoms with van der Waals surface area (Å²) in [6.07, 6.45) is 4.50. The second-order valence-corrected chi connectivity index (χ2v) is 7.65. The fourth-order valence-electron chi connectivity index (χ4n) is 2.75. The highest BCUT2D eigenvalue weighted by molar-refractivity contribution is 7.99. The fourth-order valence-corrected chi connectivity index (χ4v) is 3.52. The highest BCUT2D eigenvalue weighted by atomic mass is 32.2. The second-order valence-electron chi connectivity index (χ2n) is 6.71. The summed E-state index contributed by atoms with van der Waals surface area (Å²) in [6.45, 7) is 1.85. The first kappa shape index (κ1) is 20.0. The summed E-state index contributed by atoms with van der Waals surface area (Å²) in [5.74, 6) is 1.03.